The number of nitrogens with zero attached hydrogens (tertiary/aromatic N) is 3. The molecule has 84 valence electrons. The van der Waals surface area contributed by atoms with Crippen LogP contribution in [-0.4, -0.2) is 30.2 Å². The van der Waals surface area contributed by atoms with E-state index in [0.29, 0.717) is 0 Å². The number of hydrogen-bond donors (Lipinski definition) is 1. The number of rotatable bonds is 5. The molecule has 0 spiro atoms. The molecule has 0 saturated carbocycles. The Kier molecular flexibility index (Phi) is 4.35. The Bertz CT molecular complexity index is 343. The van der Waals surface area contributed by atoms with Crippen molar-refractivity contribution in [2.24, 2.45) is 7.05 Å². The van der Waals surface area contributed by atoms with Crippen molar-refractivity contribution in [1.82, 2.24) is 14.9 Å². The maximum Gasteiger partial charge on any atom is 0.204 e. The van der Waals surface area contributed by atoms with E-state index in [-0.39, 0.29) is 0 Å². The second-order valence-electron chi connectivity index (χ2n) is 3.62. The molecule has 1 rings (SSSR count). The van der Waals surface area contributed by atoms with Crippen LogP contribution in [0.5, 0.6) is 0 Å². The van der Waals surface area contributed by atoms with E-state index >= 15 is 0 Å². The second-order valence-corrected chi connectivity index (χ2v) is 4.75. The van der Waals surface area contributed by atoms with Gasteiger partial charge in [0.15, 0.2) is 0 Å². The minimum absolute atomic E-state index is 0.766. The first-order chi connectivity index (χ1) is 7.02. The van der Waals surface area contributed by atoms with Gasteiger partial charge in [-0.3, -0.25) is 0 Å². The van der Waals surface area contributed by atoms with Gasteiger partial charge in [-0.25, -0.2) is 4.98 Å². The van der Waals surface area contributed by atoms with E-state index in [2.05, 4.69) is 37.4 Å². The van der Waals surface area contributed by atoms with Crippen molar-refractivity contribution in [1.29, 1.82) is 0 Å². The van der Waals surface area contributed by atoms with E-state index in [1.54, 1.807) is 0 Å². The number of imidazole rings is 1. The van der Waals surface area contributed by atoms with Crippen LogP contribution in [0.1, 0.15) is 5.69 Å². The molecule has 0 unspecified atom stereocenters. The zero-order chi connectivity index (χ0) is 11.4. The van der Waals surface area contributed by atoms with Gasteiger partial charge >= 0.3 is 0 Å². The van der Waals surface area contributed by atoms with E-state index in [4.69, 9.17) is 0 Å². The largest absolute Gasteiger partial charge is 0.348 e. The summed E-state index contributed by atoms with van der Waals surface area (Å²) in [5.41, 5.74) is 1.16. The van der Waals surface area contributed by atoms with Gasteiger partial charge in [0.25, 0.3) is 0 Å². The third kappa shape index (κ3) is 3.35. The van der Waals surface area contributed by atoms with Gasteiger partial charge < -0.3 is 14.8 Å². The van der Waals surface area contributed by atoms with E-state index in [0.717, 1.165) is 29.2 Å². The van der Waals surface area contributed by atoms with Crippen LogP contribution in [0.4, 0.5) is 5.95 Å². The highest BCUT2D eigenvalue weighted by molar-refractivity contribution is 9.11. The lowest BCUT2D eigenvalue weighted by Gasteiger charge is -2.12. The van der Waals surface area contributed by atoms with Gasteiger partial charge in [0.1, 0.15) is 0 Å². The normalized spacial score (nSPS) is 10.4. The number of hydrogen-bond acceptors (Lipinski definition) is 3. The van der Waals surface area contributed by atoms with Crippen molar-refractivity contribution in [3.05, 3.63) is 23.0 Å². The summed E-state index contributed by atoms with van der Waals surface area (Å²) in [6.07, 6.45) is 1.89. The molecule has 1 heterocycles. The number of aromatic nitrogens is 2. The van der Waals surface area contributed by atoms with Crippen molar-refractivity contribution in [2.45, 2.75) is 6.54 Å². The van der Waals surface area contributed by atoms with Crippen LogP contribution < -0.4 is 10.2 Å². The zero-order valence-corrected chi connectivity index (χ0v) is 11.0. The molecule has 0 amide bonds. The molecule has 0 fully saturated rings. The van der Waals surface area contributed by atoms with Crippen LogP contribution in [0.2, 0.25) is 0 Å². The van der Waals surface area contributed by atoms with Gasteiger partial charge in [0.05, 0.1) is 11.9 Å². The van der Waals surface area contributed by atoms with Crippen LogP contribution in [0.15, 0.2) is 17.3 Å². The van der Waals surface area contributed by atoms with Crippen LogP contribution in [0, 0.1) is 0 Å². The van der Waals surface area contributed by atoms with Crippen LogP contribution in [0.25, 0.3) is 0 Å². The number of nitrogens with one attached hydrogen (secondary N) is 1. The molecular formula is C10H17BrN4. The van der Waals surface area contributed by atoms with E-state index in [1.165, 1.54) is 0 Å². The summed E-state index contributed by atoms with van der Waals surface area (Å²) in [6.45, 7) is 5.33. The monoisotopic (exact) mass is 272 g/mol. The predicted octanol–water partition coefficient (Wildman–Crippen LogP) is 1.48. The molecule has 15 heavy (non-hydrogen) atoms. The SMILES string of the molecule is C=C(Br)CNCc1cnc(N(C)C)n1C. The van der Waals surface area contributed by atoms with Gasteiger partial charge in [0, 0.05) is 38.7 Å². The Morgan fingerprint density at radius 3 is 2.80 bits per heavy atom. The fourth-order valence-corrected chi connectivity index (χ4v) is 1.54. The van der Waals surface area contributed by atoms with E-state index < -0.39 is 0 Å². The first kappa shape index (κ1) is 12.3. The number of anilines is 1. The van der Waals surface area contributed by atoms with Crippen molar-refractivity contribution >= 4 is 21.9 Å². The predicted molar refractivity (Wildman–Crippen MR) is 67.3 cm³/mol. The summed E-state index contributed by atoms with van der Waals surface area (Å²) in [4.78, 5) is 6.32. The Morgan fingerprint density at radius 1 is 1.67 bits per heavy atom. The number of halogens is 1. The molecule has 0 radical (unpaired) electrons. The lowest BCUT2D eigenvalue weighted by atomic mass is 10.4. The zero-order valence-electron chi connectivity index (χ0n) is 9.42. The molecule has 1 aromatic rings. The lowest BCUT2D eigenvalue weighted by Crippen LogP contribution is -2.18. The van der Waals surface area contributed by atoms with Gasteiger partial charge in [-0.05, 0) is 0 Å². The minimum Gasteiger partial charge on any atom is -0.348 e. The lowest BCUT2D eigenvalue weighted by molar-refractivity contribution is 0.697. The van der Waals surface area contributed by atoms with E-state index in [9.17, 15) is 0 Å². The van der Waals surface area contributed by atoms with Crippen molar-refractivity contribution in [2.75, 3.05) is 25.5 Å². The quantitative estimate of drug-likeness (QED) is 0.882. The van der Waals surface area contributed by atoms with Crippen LogP contribution >= 0.6 is 15.9 Å². The summed E-state index contributed by atoms with van der Waals surface area (Å²) in [6, 6.07) is 0. The van der Waals surface area contributed by atoms with Crippen molar-refractivity contribution in [3.8, 4) is 0 Å². The maximum atomic E-state index is 4.33. The molecule has 1 aromatic heterocycles. The fraction of sp³-hybridized carbons (Fsp3) is 0.500. The first-order valence-corrected chi connectivity index (χ1v) is 5.53. The van der Waals surface area contributed by atoms with Gasteiger partial charge in [-0.15, -0.1) is 0 Å². The summed E-state index contributed by atoms with van der Waals surface area (Å²) in [5, 5.41) is 3.27. The summed E-state index contributed by atoms with van der Waals surface area (Å²) < 4.78 is 3.03. The fourth-order valence-electron chi connectivity index (χ4n) is 1.34. The summed E-state index contributed by atoms with van der Waals surface area (Å²) in [7, 11) is 5.99. The minimum atomic E-state index is 0.766. The third-order valence-electron chi connectivity index (χ3n) is 2.08. The van der Waals surface area contributed by atoms with Crippen LogP contribution in [-0.2, 0) is 13.6 Å². The van der Waals surface area contributed by atoms with Gasteiger partial charge in [-0.2, -0.15) is 0 Å². The van der Waals surface area contributed by atoms with Crippen LogP contribution in [0.3, 0.4) is 0 Å². The Hall–Kier alpha value is -0.810. The molecule has 0 aliphatic carbocycles. The average molecular weight is 273 g/mol. The summed E-state index contributed by atoms with van der Waals surface area (Å²) in [5.74, 6) is 0.962. The van der Waals surface area contributed by atoms with Crippen molar-refractivity contribution in [3.63, 3.8) is 0 Å². The smallest absolute Gasteiger partial charge is 0.204 e. The highest BCUT2D eigenvalue weighted by Gasteiger charge is 2.06. The van der Waals surface area contributed by atoms with E-state index in [1.807, 2.05) is 32.2 Å². The molecule has 0 bridgehead atoms. The Balaban J connectivity index is 2.59. The molecule has 0 atom stereocenters. The Labute approximate surface area is 99.1 Å². The highest BCUT2D eigenvalue weighted by Crippen LogP contribution is 2.10. The molecule has 1 N–H and O–H groups in total. The molecular weight excluding hydrogens is 256 g/mol. The highest BCUT2D eigenvalue weighted by atomic mass is 79.9. The summed E-state index contributed by atoms with van der Waals surface area (Å²) >= 11 is 3.31. The Morgan fingerprint density at radius 2 is 2.33 bits per heavy atom. The molecule has 0 saturated heterocycles. The van der Waals surface area contributed by atoms with Gasteiger partial charge in [0.2, 0.25) is 5.95 Å². The third-order valence-corrected chi connectivity index (χ3v) is 2.36. The maximum absolute atomic E-state index is 4.33. The second kappa shape index (κ2) is 5.32. The average Bonchev–Trinajstić information content (AvgIpc) is 2.47. The molecule has 5 heteroatoms. The molecule has 0 aliphatic heterocycles. The van der Waals surface area contributed by atoms with Gasteiger partial charge in [-0.1, -0.05) is 22.5 Å². The molecule has 0 aromatic carbocycles. The standard InChI is InChI=1S/C10H17BrN4/c1-8(11)5-12-6-9-7-13-10(14(2)3)15(9)4/h7,12H,1,5-6H2,2-4H3. The first-order valence-electron chi connectivity index (χ1n) is 4.74. The molecule has 0 aliphatic rings. The topological polar surface area (TPSA) is 33.1 Å². The van der Waals surface area contributed by atoms with Crippen molar-refractivity contribution < 1.29 is 0 Å². The molecule has 4 nitrogen and oxygen atoms in total.